The fourth-order valence-electron chi connectivity index (χ4n) is 7.39. The van der Waals surface area contributed by atoms with Crippen molar-refractivity contribution in [3.63, 3.8) is 0 Å². The first-order valence-corrected chi connectivity index (χ1v) is 15.9. The molecular weight excluding hydrogens is 553 g/mol. The molecule has 0 heterocycles. The third-order valence-corrected chi connectivity index (χ3v) is 9.49. The van der Waals surface area contributed by atoms with Crippen molar-refractivity contribution in [1.29, 1.82) is 0 Å². The van der Waals surface area contributed by atoms with Gasteiger partial charge in [0.1, 0.15) is 0 Å². The van der Waals surface area contributed by atoms with Gasteiger partial charge in [0.05, 0.1) is 0 Å². The van der Waals surface area contributed by atoms with Gasteiger partial charge in [0.2, 0.25) is 0 Å². The van der Waals surface area contributed by atoms with Crippen LogP contribution in [0.5, 0.6) is 0 Å². The van der Waals surface area contributed by atoms with Gasteiger partial charge in [0.25, 0.3) is 0 Å². The zero-order chi connectivity index (χ0) is 30.5. The Morgan fingerprint density at radius 1 is 0.196 bits per heavy atom. The van der Waals surface area contributed by atoms with Crippen LogP contribution in [0.25, 0.3) is 87.6 Å². The molecule has 0 fully saturated rings. The van der Waals surface area contributed by atoms with Crippen LogP contribution in [-0.4, -0.2) is 0 Å². The third kappa shape index (κ3) is 4.23. The van der Waals surface area contributed by atoms with E-state index in [9.17, 15) is 0 Å². The van der Waals surface area contributed by atoms with Crippen LogP contribution >= 0.6 is 0 Å². The molecule has 0 saturated carbocycles. The zero-order valence-electron chi connectivity index (χ0n) is 25.3. The summed E-state index contributed by atoms with van der Waals surface area (Å²) in [7, 11) is 0. The standard InChI is InChI=1S/C46H30/c1-2-13-31(14-3-1)32-25-27-34(28-26-32)36-29-30-44(38-19-7-6-18-37(36)38)46-42-22-10-8-20-40(42)45(41-21-9-11-23-43(41)46)39-24-12-16-33-15-4-5-17-35(33)39/h1-30H. The minimum Gasteiger partial charge on any atom is -0.0622 e. The first-order chi connectivity index (χ1) is 22.8. The predicted molar refractivity (Wildman–Crippen MR) is 198 cm³/mol. The summed E-state index contributed by atoms with van der Waals surface area (Å²) in [5.41, 5.74) is 10.1. The summed E-state index contributed by atoms with van der Waals surface area (Å²) in [4.78, 5) is 0. The molecule has 0 spiro atoms. The lowest BCUT2D eigenvalue weighted by Gasteiger charge is -2.20. The van der Waals surface area contributed by atoms with E-state index < -0.39 is 0 Å². The van der Waals surface area contributed by atoms with E-state index in [4.69, 9.17) is 0 Å². The van der Waals surface area contributed by atoms with Crippen molar-refractivity contribution in [3.05, 3.63) is 182 Å². The van der Waals surface area contributed by atoms with Gasteiger partial charge in [-0.3, -0.25) is 0 Å². The predicted octanol–water partition coefficient (Wildman–Crippen LogP) is 13.0. The molecule has 0 aliphatic heterocycles. The van der Waals surface area contributed by atoms with E-state index in [1.54, 1.807) is 0 Å². The van der Waals surface area contributed by atoms with Crippen molar-refractivity contribution in [3.8, 4) is 44.5 Å². The Hall–Kier alpha value is -5.98. The Morgan fingerprint density at radius 2 is 0.587 bits per heavy atom. The van der Waals surface area contributed by atoms with E-state index in [2.05, 4.69) is 182 Å². The van der Waals surface area contributed by atoms with E-state index in [0.29, 0.717) is 0 Å². The summed E-state index contributed by atoms with van der Waals surface area (Å²) in [5.74, 6) is 0. The van der Waals surface area contributed by atoms with Crippen LogP contribution in [0.4, 0.5) is 0 Å². The molecule has 0 aromatic heterocycles. The van der Waals surface area contributed by atoms with Crippen molar-refractivity contribution in [2.45, 2.75) is 0 Å². The molecule has 9 aromatic rings. The lowest BCUT2D eigenvalue weighted by molar-refractivity contribution is 1.60. The Kier molecular flexibility index (Phi) is 6.25. The van der Waals surface area contributed by atoms with Crippen LogP contribution in [0, 0.1) is 0 Å². The first-order valence-electron chi connectivity index (χ1n) is 15.9. The van der Waals surface area contributed by atoms with E-state index >= 15 is 0 Å². The monoisotopic (exact) mass is 582 g/mol. The van der Waals surface area contributed by atoms with Crippen LogP contribution in [0.15, 0.2) is 182 Å². The number of benzene rings is 9. The maximum absolute atomic E-state index is 2.34. The van der Waals surface area contributed by atoms with Crippen LogP contribution in [-0.2, 0) is 0 Å². The maximum atomic E-state index is 2.34. The van der Waals surface area contributed by atoms with Gasteiger partial charge in [-0.05, 0) is 87.6 Å². The molecule has 0 aliphatic rings. The van der Waals surface area contributed by atoms with Crippen molar-refractivity contribution < 1.29 is 0 Å². The first kappa shape index (κ1) is 26.4. The van der Waals surface area contributed by atoms with Crippen LogP contribution in [0.3, 0.4) is 0 Å². The van der Waals surface area contributed by atoms with Gasteiger partial charge in [0.15, 0.2) is 0 Å². The highest BCUT2D eigenvalue weighted by Crippen LogP contribution is 2.47. The van der Waals surface area contributed by atoms with E-state index in [0.717, 1.165) is 0 Å². The number of rotatable bonds is 4. The average molecular weight is 583 g/mol. The molecule has 0 N–H and O–H groups in total. The Balaban J connectivity index is 1.30. The highest BCUT2D eigenvalue weighted by atomic mass is 14.2. The highest BCUT2D eigenvalue weighted by molar-refractivity contribution is 6.25. The zero-order valence-corrected chi connectivity index (χ0v) is 25.3. The van der Waals surface area contributed by atoms with Crippen LogP contribution in [0.1, 0.15) is 0 Å². The Morgan fingerprint density at radius 3 is 1.20 bits per heavy atom. The van der Waals surface area contributed by atoms with Crippen molar-refractivity contribution >= 4 is 43.1 Å². The number of hydrogen-bond acceptors (Lipinski definition) is 0. The molecule has 0 radical (unpaired) electrons. The molecular formula is C46H30. The second-order valence-corrected chi connectivity index (χ2v) is 12.0. The summed E-state index contributed by atoms with van der Waals surface area (Å²) < 4.78 is 0. The van der Waals surface area contributed by atoms with E-state index in [1.165, 1.54) is 87.6 Å². The quantitative estimate of drug-likeness (QED) is 0.181. The summed E-state index contributed by atoms with van der Waals surface area (Å²) in [6.07, 6.45) is 0. The molecule has 214 valence electrons. The average Bonchev–Trinajstić information content (AvgIpc) is 3.14. The highest BCUT2D eigenvalue weighted by Gasteiger charge is 2.19. The Labute approximate surface area is 268 Å². The van der Waals surface area contributed by atoms with Gasteiger partial charge < -0.3 is 0 Å². The third-order valence-electron chi connectivity index (χ3n) is 9.49. The van der Waals surface area contributed by atoms with Gasteiger partial charge in [-0.15, -0.1) is 0 Å². The van der Waals surface area contributed by atoms with Crippen LogP contribution in [0.2, 0.25) is 0 Å². The molecule has 0 heteroatoms. The summed E-state index contributed by atoms with van der Waals surface area (Å²) >= 11 is 0. The maximum Gasteiger partial charge on any atom is -0.00201 e. The summed E-state index contributed by atoms with van der Waals surface area (Å²) in [6.45, 7) is 0. The lowest BCUT2D eigenvalue weighted by Crippen LogP contribution is -1.93. The van der Waals surface area contributed by atoms with Crippen molar-refractivity contribution in [2.75, 3.05) is 0 Å². The molecule has 0 nitrogen and oxygen atoms in total. The lowest BCUT2D eigenvalue weighted by atomic mass is 9.83. The fraction of sp³-hybridized carbons (Fsp3) is 0. The molecule has 9 rings (SSSR count). The number of fused-ring (bicyclic) bond motifs is 4. The van der Waals surface area contributed by atoms with Crippen molar-refractivity contribution in [1.82, 2.24) is 0 Å². The molecule has 9 aromatic carbocycles. The molecule has 46 heavy (non-hydrogen) atoms. The van der Waals surface area contributed by atoms with Gasteiger partial charge in [-0.25, -0.2) is 0 Å². The fourth-order valence-corrected chi connectivity index (χ4v) is 7.39. The smallest absolute Gasteiger partial charge is 0.00201 e. The van der Waals surface area contributed by atoms with Gasteiger partial charge in [-0.2, -0.15) is 0 Å². The van der Waals surface area contributed by atoms with E-state index in [-0.39, 0.29) is 0 Å². The molecule has 0 bridgehead atoms. The minimum absolute atomic E-state index is 1.23. The molecule has 0 saturated heterocycles. The SMILES string of the molecule is c1ccc(-c2ccc(-c3ccc(-c4c5ccccc5c(-c5cccc6ccccc56)c5ccccc45)c4ccccc34)cc2)cc1. The topological polar surface area (TPSA) is 0 Å². The summed E-state index contributed by atoms with van der Waals surface area (Å²) in [6, 6.07) is 66.4. The molecule has 0 atom stereocenters. The number of hydrogen-bond donors (Lipinski definition) is 0. The second-order valence-electron chi connectivity index (χ2n) is 12.0. The molecule has 0 aliphatic carbocycles. The van der Waals surface area contributed by atoms with E-state index in [1.807, 2.05) is 0 Å². The molecule has 0 amide bonds. The Bertz CT molecular complexity index is 2490. The van der Waals surface area contributed by atoms with Gasteiger partial charge >= 0.3 is 0 Å². The summed E-state index contributed by atoms with van der Waals surface area (Å²) in [5, 5.41) is 10.2. The normalized spacial score (nSPS) is 11.5. The minimum atomic E-state index is 1.23. The largest absolute Gasteiger partial charge is 0.0622 e. The van der Waals surface area contributed by atoms with Gasteiger partial charge in [-0.1, -0.05) is 182 Å². The molecule has 0 unspecified atom stereocenters. The van der Waals surface area contributed by atoms with Gasteiger partial charge in [0, 0.05) is 0 Å². The van der Waals surface area contributed by atoms with Crippen LogP contribution < -0.4 is 0 Å². The second kappa shape index (κ2) is 10.9. The van der Waals surface area contributed by atoms with Crippen molar-refractivity contribution in [2.24, 2.45) is 0 Å².